The van der Waals surface area contributed by atoms with Crippen LogP contribution in [0.15, 0.2) is 12.5 Å². The van der Waals surface area contributed by atoms with Crippen LogP contribution in [0.3, 0.4) is 0 Å². The summed E-state index contributed by atoms with van der Waals surface area (Å²) < 4.78 is 36.0. The smallest absolute Gasteiger partial charge is 0.379 e. The Morgan fingerprint density at radius 2 is 2.08 bits per heavy atom. The molecule has 1 N–H and O–H groups in total. The van der Waals surface area contributed by atoms with Crippen LogP contribution in [0.25, 0.3) is 0 Å². The summed E-state index contributed by atoms with van der Waals surface area (Å²) >= 11 is 0. The van der Waals surface area contributed by atoms with Gasteiger partial charge in [0.1, 0.15) is 6.33 Å². The molecule has 0 radical (unpaired) electrons. The summed E-state index contributed by atoms with van der Waals surface area (Å²) in [5, 5.41) is 8.83. The molecule has 0 fully saturated rings. The number of rotatable bonds is 1. The van der Waals surface area contributed by atoms with E-state index in [9.17, 15) is 13.2 Å². The summed E-state index contributed by atoms with van der Waals surface area (Å²) in [5.74, 6) is 0. The van der Waals surface area contributed by atoms with Crippen LogP contribution >= 0.6 is 0 Å². The fraction of sp³-hybridized carbons (Fsp3) is 0.429. The zero-order valence-electron chi connectivity index (χ0n) is 6.71. The van der Waals surface area contributed by atoms with Gasteiger partial charge in [0, 0.05) is 17.5 Å². The van der Waals surface area contributed by atoms with E-state index < -0.39 is 12.3 Å². The minimum absolute atomic E-state index is 0.125. The summed E-state index contributed by atoms with van der Waals surface area (Å²) in [6, 6.07) is 0. The molecule has 1 aromatic heterocycles. The molecule has 3 nitrogen and oxygen atoms in total. The highest BCUT2D eigenvalue weighted by atomic mass is 19.4. The number of halogens is 3. The van der Waals surface area contributed by atoms with Gasteiger partial charge in [-0.15, -0.1) is 0 Å². The topological polar surface area (TPSA) is 46.0 Å². The van der Waals surface area contributed by atoms with Gasteiger partial charge < -0.3 is 5.11 Å². The first-order chi connectivity index (χ1) is 5.93. The molecule has 0 aliphatic rings. The molecule has 1 atom stereocenters. The summed E-state index contributed by atoms with van der Waals surface area (Å²) in [5.41, 5.74) is -0.185. The van der Waals surface area contributed by atoms with Crippen molar-refractivity contribution in [3.8, 4) is 0 Å². The van der Waals surface area contributed by atoms with E-state index in [1.165, 1.54) is 6.92 Å². The molecular formula is C7H7F3N2O. The van der Waals surface area contributed by atoms with Gasteiger partial charge in [-0.1, -0.05) is 0 Å². The van der Waals surface area contributed by atoms with Crippen molar-refractivity contribution in [2.45, 2.75) is 19.2 Å². The van der Waals surface area contributed by atoms with Crippen LogP contribution < -0.4 is 0 Å². The molecule has 0 unspecified atom stereocenters. The van der Waals surface area contributed by atoms with E-state index in [1.807, 2.05) is 0 Å². The molecule has 72 valence electrons. The fourth-order valence-electron chi connectivity index (χ4n) is 0.846. The first kappa shape index (κ1) is 9.91. The maximum absolute atomic E-state index is 12.0. The van der Waals surface area contributed by atoms with Crippen molar-refractivity contribution in [1.29, 1.82) is 0 Å². The zero-order chi connectivity index (χ0) is 10.1. The van der Waals surface area contributed by atoms with Crippen molar-refractivity contribution in [1.82, 2.24) is 9.97 Å². The number of aryl methyl sites for hydroxylation is 1. The Labute approximate surface area is 72.3 Å². The Morgan fingerprint density at radius 3 is 2.54 bits per heavy atom. The van der Waals surface area contributed by atoms with Gasteiger partial charge in [-0.25, -0.2) is 9.97 Å². The largest absolute Gasteiger partial charge is 0.418 e. The number of aromatic nitrogens is 2. The highest BCUT2D eigenvalue weighted by Gasteiger charge is 2.40. The number of aliphatic hydroxyl groups excluding tert-OH is 1. The maximum Gasteiger partial charge on any atom is 0.418 e. The average Bonchev–Trinajstić information content (AvgIpc) is 2.02. The lowest BCUT2D eigenvalue weighted by molar-refractivity contribution is -0.207. The molecule has 6 heteroatoms. The monoisotopic (exact) mass is 192 g/mol. The van der Waals surface area contributed by atoms with Crippen molar-refractivity contribution in [2.75, 3.05) is 0 Å². The van der Waals surface area contributed by atoms with E-state index in [2.05, 4.69) is 9.97 Å². The van der Waals surface area contributed by atoms with E-state index in [1.54, 1.807) is 0 Å². The third-order valence-electron chi connectivity index (χ3n) is 1.55. The quantitative estimate of drug-likeness (QED) is 0.731. The van der Waals surface area contributed by atoms with Crippen LogP contribution in [-0.2, 0) is 0 Å². The lowest BCUT2D eigenvalue weighted by Crippen LogP contribution is -2.21. The van der Waals surface area contributed by atoms with Gasteiger partial charge in [-0.3, -0.25) is 0 Å². The fourth-order valence-corrected chi connectivity index (χ4v) is 0.846. The predicted molar refractivity (Wildman–Crippen MR) is 37.8 cm³/mol. The van der Waals surface area contributed by atoms with Crippen molar-refractivity contribution >= 4 is 0 Å². The highest BCUT2D eigenvalue weighted by Crippen LogP contribution is 2.32. The first-order valence-electron chi connectivity index (χ1n) is 3.44. The van der Waals surface area contributed by atoms with E-state index in [-0.39, 0.29) is 11.3 Å². The van der Waals surface area contributed by atoms with Crippen molar-refractivity contribution in [2.24, 2.45) is 0 Å². The lowest BCUT2D eigenvalue weighted by atomic mass is 10.1. The normalized spacial score (nSPS) is 14.2. The van der Waals surface area contributed by atoms with Crippen molar-refractivity contribution in [3.05, 3.63) is 23.8 Å². The highest BCUT2D eigenvalue weighted by molar-refractivity contribution is 5.18. The number of nitrogens with zero attached hydrogens (tertiary/aromatic N) is 2. The van der Waals surface area contributed by atoms with Gasteiger partial charge in [0.2, 0.25) is 0 Å². The third kappa shape index (κ3) is 2.15. The molecular weight excluding hydrogens is 185 g/mol. The molecule has 13 heavy (non-hydrogen) atoms. The Morgan fingerprint density at radius 1 is 1.46 bits per heavy atom. The average molecular weight is 192 g/mol. The van der Waals surface area contributed by atoms with E-state index >= 15 is 0 Å². The van der Waals surface area contributed by atoms with Crippen molar-refractivity contribution < 1.29 is 18.3 Å². The molecule has 0 bridgehead atoms. The van der Waals surface area contributed by atoms with Crippen LogP contribution in [0.1, 0.15) is 17.4 Å². The number of hydrogen-bond donors (Lipinski definition) is 1. The lowest BCUT2D eigenvalue weighted by Gasteiger charge is -2.15. The molecule has 0 saturated heterocycles. The summed E-state index contributed by atoms with van der Waals surface area (Å²) in [6.45, 7) is 1.38. The summed E-state index contributed by atoms with van der Waals surface area (Å²) in [6.07, 6.45) is -5.09. The van der Waals surface area contributed by atoms with Crippen LogP contribution in [0.2, 0.25) is 0 Å². The second-order valence-electron chi connectivity index (χ2n) is 2.51. The molecule has 0 spiro atoms. The van der Waals surface area contributed by atoms with Gasteiger partial charge in [0.05, 0.1) is 0 Å². The third-order valence-corrected chi connectivity index (χ3v) is 1.55. The second kappa shape index (κ2) is 3.29. The Balaban J connectivity index is 3.02. The van der Waals surface area contributed by atoms with E-state index in [4.69, 9.17) is 5.11 Å². The van der Waals surface area contributed by atoms with Gasteiger partial charge in [-0.05, 0) is 6.92 Å². The number of alkyl halides is 3. The Hall–Kier alpha value is -1.17. The summed E-state index contributed by atoms with van der Waals surface area (Å²) in [7, 11) is 0. The summed E-state index contributed by atoms with van der Waals surface area (Å²) in [4.78, 5) is 6.95. The Bertz CT molecular complexity index is 300. The van der Waals surface area contributed by atoms with Gasteiger partial charge >= 0.3 is 6.18 Å². The maximum atomic E-state index is 12.0. The van der Waals surface area contributed by atoms with Crippen LogP contribution in [0.4, 0.5) is 13.2 Å². The minimum atomic E-state index is -4.67. The van der Waals surface area contributed by atoms with Gasteiger partial charge in [0.25, 0.3) is 0 Å². The molecule has 0 saturated carbocycles. The first-order valence-corrected chi connectivity index (χ1v) is 3.44. The molecule has 0 aromatic carbocycles. The molecule has 1 rings (SSSR count). The van der Waals surface area contributed by atoms with E-state index in [0.717, 1.165) is 12.5 Å². The standard InChI is InChI=1S/C7H7F3N2O/c1-4-5(2-11-3-12-4)6(13)7(8,9)10/h2-3,6,13H,1H3/t6-/m1/s1. The van der Waals surface area contributed by atoms with Gasteiger partial charge in [-0.2, -0.15) is 13.2 Å². The molecule has 0 amide bonds. The Kier molecular flexibility index (Phi) is 2.51. The zero-order valence-corrected chi connectivity index (χ0v) is 6.71. The SMILES string of the molecule is Cc1ncncc1[C@@H](O)C(F)(F)F. The molecule has 1 heterocycles. The second-order valence-corrected chi connectivity index (χ2v) is 2.51. The molecule has 0 aliphatic carbocycles. The molecule has 0 aliphatic heterocycles. The molecule has 1 aromatic rings. The van der Waals surface area contributed by atoms with Gasteiger partial charge in [0.15, 0.2) is 6.10 Å². The van der Waals surface area contributed by atoms with Crippen LogP contribution in [0.5, 0.6) is 0 Å². The predicted octanol–water partition coefficient (Wildman–Crippen LogP) is 1.38. The minimum Gasteiger partial charge on any atom is -0.379 e. The van der Waals surface area contributed by atoms with Crippen LogP contribution in [0, 0.1) is 6.92 Å². The number of hydrogen-bond acceptors (Lipinski definition) is 3. The van der Waals surface area contributed by atoms with E-state index in [0.29, 0.717) is 0 Å². The number of aliphatic hydroxyl groups is 1. The van der Waals surface area contributed by atoms with Crippen molar-refractivity contribution in [3.63, 3.8) is 0 Å². The van der Waals surface area contributed by atoms with Crippen LogP contribution in [-0.4, -0.2) is 21.3 Å².